The molecule has 1 fully saturated rings. The highest BCUT2D eigenvalue weighted by atomic mass is 16.6. The summed E-state index contributed by atoms with van der Waals surface area (Å²) in [6, 6.07) is 17.5. The maximum Gasteiger partial charge on any atom is 0.347 e. The number of aryl methyl sites for hydroxylation is 1. The van der Waals surface area contributed by atoms with Gasteiger partial charge in [0, 0.05) is 31.9 Å². The van der Waals surface area contributed by atoms with Gasteiger partial charge in [0.1, 0.15) is 5.75 Å². The first-order chi connectivity index (χ1) is 13.5. The molecule has 0 bridgehead atoms. The van der Waals surface area contributed by atoms with Crippen LogP contribution >= 0.6 is 0 Å². The Morgan fingerprint density at radius 3 is 2.25 bits per heavy atom. The van der Waals surface area contributed by atoms with E-state index in [0.717, 1.165) is 24.3 Å². The molecule has 1 heterocycles. The van der Waals surface area contributed by atoms with E-state index in [9.17, 15) is 9.59 Å². The van der Waals surface area contributed by atoms with Crippen molar-refractivity contribution in [3.8, 4) is 5.75 Å². The Morgan fingerprint density at radius 2 is 1.61 bits per heavy atom. The average molecular weight is 382 g/mol. The SMILES string of the molecule is Cc1ccc(OC(C)C(=O)OCC(=O)N2CCN(c3ccccc3)CC2)cc1. The second-order valence-electron chi connectivity index (χ2n) is 6.88. The third-order valence-corrected chi connectivity index (χ3v) is 4.76. The van der Waals surface area contributed by atoms with Crippen LogP contribution in [0.15, 0.2) is 54.6 Å². The van der Waals surface area contributed by atoms with Crippen molar-refractivity contribution in [2.24, 2.45) is 0 Å². The highest BCUT2D eigenvalue weighted by Crippen LogP contribution is 2.16. The van der Waals surface area contributed by atoms with Crippen molar-refractivity contribution in [1.29, 1.82) is 0 Å². The van der Waals surface area contributed by atoms with Crippen molar-refractivity contribution in [3.63, 3.8) is 0 Å². The van der Waals surface area contributed by atoms with Crippen molar-refractivity contribution >= 4 is 17.6 Å². The Balaban J connectivity index is 1.41. The zero-order chi connectivity index (χ0) is 19.9. The topological polar surface area (TPSA) is 59.1 Å². The summed E-state index contributed by atoms with van der Waals surface area (Å²) in [5, 5.41) is 0. The van der Waals surface area contributed by atoms with Gasteiger partial charge in [0.2, 0.25) is 0 Å². The molecule has 6 heteroatoms. The molecule has 28 heavy (non-hydrogen) atoms. The number of piperazine rings is 1. The molecule has 3 rings (SSSR count). The summed E-state index contributed by atoms with van der Waals surface area (Å²) in [5.74, 6) is -0.126. The number of ether oxygens (including phenoxy) is 2. The van der Waals surface area contributed by atoms with E-state index < -0.39 is 12.1 Å². The van der Waals surface area contributed by atoms with Crippen molar-refractivity contribution in [2.75, 3.05) is 37.7 Å². The van der Waals surface area contributed by atoms with E-state index in [2.05, 4.69) is 17.0 Å². The number of amides is 1. The van der Waals surface area contributed by atoms with Gasteiger partial charge in [0.15, 0.2) is 12.7 Å². The van der Waals surface area contributed by atoms with Crippen LogP contribution in [0.4, 0.5) is 5.69 Å². The summed E-state index contributed by atoms with van der Waals surface area (Å²) in [4.78, 5) is 28.4. The van der Waals surface area contributed by atoms with Gasteiger partial charge in [-0.25, -0.2) is 4.79 Å². The molecular weight excluding hydrogens is 356 g/mol. The van der Waals surface area contributed by atoms with Crippen molar-refractivity contribution < 1.29 is 19.1 Å². The number of benzene rings is 2. The molecule has 2 aromatic carbocycles. The number of rotatable bonds is 6. The first-order valence-corrected chi connectivity index (χ1v) is 9.50. The molecule has 1 unspecified atom stereocenters. The zero-order valence-electron chi connectivity index (χ0n) is 16.3. The third-order valence-electron chi connectivity index (χ3n) is 4.76. The van der Waals surface area contributed by atoms with Gasteiger partial charge in [0.25, 0.3) is 5.91 Å². The second kappa shape index (κ2) is 9.26. The molecule has 0 spiro atoms. The second-order valence-corrected chi connectivity index (χ2v) is 6.88. The largest absolute Gasteiger partial charge is 0.479 e. The van der Waals surface area contributed by atoms with Crippen LogP contribution in [0.25, 0.3) is 0 Å². The lowest BCUT2D eigenvalue weighted by atomic mass is 10.2. The number of anilines is 1. The third kappa shape index (κ3) is 5.25. The van der Waals surface area contributed by atoms with Gasteiger partial charge in [-0.1, -0.05) is 35.9 Å². The van der Waals surface area contributed by atoms with Gasteiger partial charge in [-0.15, -0.1) is 0 Å². The van der Waals surface area contributed by atoms with Crippen molar-refractivity contribution in [1.82, 2.24) is 4.90 Å². The molecule has 1 aliphatic rings. The smallest absolute Gasteiger partial charge is 0.347 e. The molecule has 1 saturated heterocycles. The minimum atomic E-state index is -0.773. The van der Waals surface area contributed by atoms with E-state index in [1.165, 1.54) is 0 Å². The molecule has 0 saturated carbocycles. The molecule has 1 atom stereocenters. The van der Waals surface area contributed by atoms with E-state index in [1.807, 2.05) is 37.3 Å². The predicted molar refractivity (Wildman–Crippen MR) is 107 cm³/mol. The Bertz CT molecular complexity index is 784. The normalized spacial score (nSPS) is 15.1. The molecule has 1 aliphatic heterocycles. The molecular formula is C22H26N2O4. The lowest BCUT2D eigenvalue weighted by Crippen LogP contribution is -2.50. The Hall–Kier alpha value is -3.02. The number of para-hydroxylation sites is 1. The van der Waals surface area contributed by atoms with Gasteiger partial charge in [-0.2, -0.15) is 0 Å². The first kappa shape index (κ1) is 19.7. The zero-order valence-corrected chi connectivity index (χ0v) is 16.3. The van der Waals surface area contributed by atoms with Crippen LogP contribution in [0.5, 0.6) is 5.75 Å². The maximum atomic E-state index is 12.4. The molecule has 6 nitrogen and oxygen atoms in total. The standard InChI is InChI=1S/C22H26N2O4/c1-17-8-10-20(11-9-17)28-18(2)22(26)27-16-21(25)24-14-12-23(13-15-24)19-6-4-3-5-7-19/h3-11,18H,12-16H2,1-2H3. The molecule has 2 aromatic rings. The highest BCUT2D eigenvalue weighted by molar-refractivity contribution is 5.82. The Labute approximate surface area is 165 Å². The molecule has 1 amide bonds. The van der Waals surface area contributed by atoms with E-state index in [4.69, 9.17) is 9.47 Å². The van der Waals surface area contributed by atoms with Crippen LogP contribution in [-0.4, -0.2) is 55.7 Å². The number of carbonyl (C=O) groups is 2. The van der Waals surface area contributed by atoms with Gasteiger partial charge in [0.05, 0.1) is 0 Å². The lowest BCUT2D eigenvalue weighted by Gasteiger charge is -2.36. The number of hydrogen-bond donors (Lipinski definition) is 0. The fourth-order valence-electron chi connectivity index (χ4n) is 3.06. The van der Waals surface area contributed by atoms with Crippen LogP contribution in [0, 0.1) is 6.92 Å². The minimum Gasteiger partial charge on any atom is -0.479 e. The average Bonchev–Trinajstić information content (AvgIpc) is 2.74. The van der Waals surface area contributed by atoms with Gasteiger partial charge in [-0.05, 0) is 38.1 Å². The summed E-state index contributed by atoms with van der Waals surface area (Å²) >= 11 is 0. The number of esters is 1. The fourth-order valence-corrected chi connectivity index (χ4v) is 3.06. The van der Waals surface area contributed by atoms with Gasteiger partial charge in [-0.3, -0.25) is 4.79 Å². The quantitative estimate of drug-likeness (QED) is 0.719. The Kier molecular flexibility index (Phi) is 6.53. The van der Waals surface area contributed by atoms with Crippen LogP contribution in [-0.2, 0) is 14.3 Å². The van der Waals surface area contributed by atoms with E-state index in [1.54, 1.807) is 24.0 Å². The minimum absolute atomic E-state index is 0.177. The van der Waals surface area contributed by atoms with E-state index in [0.29, 0.717) is 18.8 Å². The maximum absolute atomic E-state index is 12.4. The highest BCUT2D eigenvalue weighted by Gasteiger charge is 2.23. The van der Waals surface area contributed by atoms with Crippen LogP contribution in [0.1, 0.15) is 12.5 Å². The van der Waals surface area contributed by atoms with Gasteiger partial charge >= 0.3 is 5.97 Å². The molecule has 148 valence electrons. The molecule has 0 aliphatic carbocycles. The summed E-state index contributed by atoms with van der Waals surface area (Å²) in [5.41, 5.74) is 2.27. The van der Waals surface area contributed by atoms with Crippen LogP contribution in [0.2, 0.25) is 0 Å². The number of nitrogens with zero attached hydrogens (tertiary/aromatic N) is 2. The van der Waals surface area contributed by atoms with Gasteiger partial charge < -0.3 is 19.3 Å². The summed E-state index contributed by atoms with van der Waals surface area (Å²) in [7, 11) is 0. The first-order valence-electron chi connectivity index (χ1n) is 9.50. The number of carbonyl (C=O) groups excluding carboxylic acids is 2. The summed E-state index contributed by atoms with van der Waals surface area (Å²) in [6.45, 7) is 6.08. The van der Waals surface area contributed by atoms with Crippen LogP contribution in [0.3, 0.4) is 0 Å². The summed E-state index contributed by atoms with van der Waals surface area (Å²) < 4.78 is 10.7. The monoisotopic (exact) mass is 382 g/mol. The van der Waals surface area contributed by atoms with Crippen molar-refractivity contribution in [2.45, 2.75) is 20.0 Å². The summed E-state index contributed by atoms with van der Waals surface area (Å²) in [6.07, 6.45) is -0.773. The number of hydrogen-bond acceptors (Lipinski definition) is 5. The van der Waals surface area contributed by atoms with E-state index >= 15 is 0 Å². The van der Waals surface area contributed by atoms with Crippen LogP contribution < -0.4 is 9.64 Å². The molecule has 0 N–H and O–H groups in total. The molecule has 0 radical (unpaired) electrons. The predicted octanol–water partition coefficient (Wildman–Crippen LogP) is 2.65. The van der Waals surface area contributed by atoms with E-state index in [-0.39, 0.29) is 12.5 Å². The fraction of sp³-hybridized carbons (Fsp3) is 0.364. The molecule has 0 aromatic heterocycles. The Morgan fingerprint density at radius 1 is 0.964 bits per heavy atom. The van der Waals surface area contributed by atoms with Crippen molar-refractivity contribution in [3.05, 3.63) is 60.2 Å². The lowest BCUT2D eigenvalue weighted by molar-refractivity contribution is -0.157.